The third-order valence-corrected chi connectivity index (χ3v) is 3.94. The summed E-state index contributed by atoms with van der Waals surface area (Å²) in [6, 6.07) is 0.137. The van der Waals surface area contributed by atoms with Crippen molar-refractivity contribution in [2.75, 3.05) is 11.9 Å². The van der Waals surface area contributed by atoms with Crippen LogP contribution in [0.3, 0.4) is 0 Å². The van der Waals surface area contributed by atoms with Crippen LogP contribution < -0.4 is 10.9 Å². The fourth-order valence-corrected chi connectivity index (χ4v) is 2.54. The first-order valence-corrected chi connectivity index (χ1v) is 7.30. The van der Waals surface area contributed by atoms with Crippen molar-refractivity contribution in [3.05, 3.63) is 21.0 Å². The minimum Gasteiger partial charge on any atom is -0.380 e. The number of aromatic nitrogens is 2. The maximum atomic E-state index is 12.3. The number of ether oxygens (including phenoxy) is 1. The predicted molar refractivity (Wildman–Crippen MR) is 74.3 cm³/mol. The summed E-state index contributed by atoms with van der Waals surface area (Å²) in [6.07, 6.45) is -1.46. The van der Waals surface area contributed by atoms with Crippen LogP contribution in [0.1, 0.15) is 19.8 Å². The maximum Gasteiger partial charge on any atom is 0.408 e. The van der Waals surface area contributed by atoms with Crippen molar-refractivity contribution in [2.24, 2.45) is 0 Å². The van der Waals surface area contributed by atoms with Gasteiger partial charge in [0.15, 0.2) is 0 Å². The highest BCUT2D eigenvalue weighted by Crippen LogP contribution is 2.28. The first kappa shape index (κ1) is 16.3. The lowest BCUT2D eigenvalue weighted by Gasteiger charge is -2.36. The minimum absolute atomic E-state index is 0.0570. The van der Waals surface area contributed by atoms with Crippen LogP contribution in [0.15, 0.2) is 15.5 Å². The van der Waals surface area contributed by atoms with Gasteiger partial charge in [0.1, 0.15) is 11.0 Å². The number of nitrogens with zero attached hydrogens (tertiary/aromatic N) is 2. The van der Waals surface area contributed by atoms with E-state index in [-0.39, 0.29) is 16.6 Å². The van der Waals surface area contributed by atoms with Crippen molar-refractivity contribution in [1.82, 2.24) is 9.78 Å². The summed E-state index contributed by atoms with van der Waals surface area (Å²) >= 11 is 3.03. The van der Waals surface area contributed by atoms with E-state index in [0.717, 1.165) is 12.8 Å². The molecule has 1 saturated carbocycles. The Labute approximate surface area is 127 Å². The lowest BCUT2D eigenvalue weighted by molar-refractivity contribution is -0.143. The van der Waals surface area contributed by atoms with E-state index in [1.807, 2.05) is 6.92 Å². The Bertz CT molecular complexity index is 556. The summed E-state index contributed by atoms with van der Waals surface area (Å²) in [6.45, 7) is 1.16. The van der Waals surface area contributed by atoms with E-state index >= 15 is 0 Å². The van der Waals surface area contributed by atoms with E-state index in [9.17, 15) is 18.0 Å². The predicted octanol–water partition coefficient (Wildman–Crippen LogP) is 2.55. The largest absolute Gasteiger partial charge is 0.408 e. The van der Waals surface area contributed by atoms with Crippen LogP contribution in [-0.4, -0.2) is 34.7 Å². The van der Waals surface area contributed by atoms with E-state index in [1.165, 1.54) is 6.20 Å². The topological polar surface area (TPSA) is 56.1 Å². The normalized spacial score (nSPS) is 22.0. The highest BCUT2D eigenvalue weighted by molar-refractivity contribution is 9.10. The Kier molecular flexibility index (Phi) is 4.92. The number of halogens is 4. The molecule has 0 bridgehead atoms. The van der Waals surface area contributed by atoms with Crippen LogP contribution in [0.2, 0.25) is 0 Å². The van der Waals surface area contributed by atoms with Gasteiger partial charge < -0.3 is 10.1 Å². The summed E-state index contributed by atoms with van der Waals surface area (Å²) in [5.74, 6) is 0. The van der Waals surface area contributed by atoms with Crippen molar-refractivity contribution < 1.29 is 17.9 Å². The molecule has 5 nitrogen and oxygen atoms in total. The number of hydrogen-bond donors (Lipinski definition) is 1. The van der Waals surface area contributed by atoms with Gasteiger partial charge in [-0.2, -0.15) is 18.3 Å². The van der Waals surface area contributed by atoms with E-state index in [0.29, 0.717) is 17.0 Å². The van der Waals surface area contributed by atoms with Gasteiger partial charge in [0.05, 0.1) is 18.0 Å². The molecule has 2 rings (SSSR count). The summed E-state index contributed by atoms with van der Waals surface area (Å²) in [5.41, 5.74) is -0.406. The molecule has 0 unspecified atom stereocenters. The third-order valence-electron chi connectivity index (χ3n) is 3.17. The second-order valence-electron chi connectivity index (χ2n) is 4.84. The first-order valence-electron chi connectivity index (χ1n) is 6.50. The average Bonchev–Trinajstić information content (AvgIpc) is 2.34. The van der Waals surface area contributed by atoms with Crippen LogP contribution in [0, 0.1) is 0 Å². The van der Waals surface area contributed by atoms with Gasteiger partial charge in [-0.25, -0.2) is 4.68 Å². The summed E-state index contributed by atoms with van der Waals surface area (Å²) < 4.78 is 42.8. The fourth-order valence-electron chi connectivity index (χ4n) is 2.12. The molecule has 0 saturated heterocycles. The number of rotatable bonds is 5. The van der Waals surface area contributed by atoms with E-state index in [1.54, 1.807) is 0 Å². The van der Waals surface area contributed by atoms with Crippen LogP contribution in [0.5, 0.6) is 0 Å². The Morgan fingerprint density at radius 2 is 2.19 bits per heavy atom. The molecule has 0 spiro atoms. The molecule has 21 heavy (non-hydrogen) atoms. The second-order valence-corrected chi connectivity index (χ2v) is 5.63. The molecular weight excluding hydrogens is 355 g/mol. The van der Waals surface area contributed by atoms with Crippen molar-refractivity contribution in [3.8, 4) is 0 Å². The number of hydrogen-bond acceptors (Lipinski definition) is 4. The average molecular weight is 370 g/mol. The first-order chi connectivity index (χ1) is 9.80. The van der Waals surface area contributed by atoms with Crippen LogP contribution in [0.4, 0.5) is 18.9 Å². The van der Waals surface area contributed by atoms with Crippen molar-refractivity contribution in [3.63, 3.8) is 0 Å². The molecule has 1 aromatic heterocycles. The van der Waals surface area contributed by atoms with Gasteiger partial charge in [0, 0.05) is 12.6 Å². The Morgan fingerprint density at radius 3 is 2.76 bits per heavy atom. The van der Waals surface area contributed by atoms with Gasteiger partial charge >= 0.3 is 6.18 Å². The van der Waals surface area contributed by atoms with Crippen LogP contribution in [0.25, 0.3) is 0 Å². The molecule has 1 heterocycles. The zero-order valence-corrected chi connectivity index (χ0v) is 12.9. The van der Waals surface area contributed by atoms with E-state index in [4.69, 9.17) is 4.74 Å². The quantitative estimate of drug-likeness (QED) is 0.866. The van der Waals surface area contributed by atoms with Gasteiger partial charge in [0.25, 0.3) is 5.56 Å². The Balaban J connectivity index is 2.03. The minimum atomic E-state index is -4.48. The van der Waals surface area contributed by atoms with Crippen molar-refractivity contribution >= 4 is 21.6 Å². The molecule has 1 aromatic rings. The number of alkyl halides is 3. The summed E-state index contributed by atoms with van der Waals surface area (Å²) in [4.78, 5) is 11.8. The fraction of sp³-hybridized carbons (Fsp3) is 0.667. The molecular formula is C12H15BrF3N3O2. The molecule has 0 aromatic carbocycles. The summed E-state index contributed by atoms with van der Waals surface area (Å²) in [5, 5.41) is 6.63. The van der Waals surface area contributed by atoms with Gasteiger partial charge in [0.2, 0.25) is 0 Å². The monoisotopic (exact) mass is 369 g/mol. The van der Waals surface area contributed by atoms with Crippen LogP contribution >= 0.6 is 15.9 Å². The second kappa shape index (κ2) is 6.35. The molecule has 118 valence electrons. The Hall–Kier alpha value is -1.09. The molecule has 9 heteroatoms. The van der Waals surface area contributed by atoms with Gasteiger partial charge in [-0.05, 0) is 35.7 Å². The molecule has 1 fully saturated rings. The van der Waals surface area contributed by atoms with Gasteiger partial charge in [-0.3, -0.25) is 4.79 Å². The highest BCUT2D eigenvalue weighted by atomic mass is 79.9. The smallest absolute Gasteiger partial charge is 0.380 e. The molecule has 1 aliphatic rings. The summed E-state index contributed by atoms with van der Waals surface area (Å²) in [7, 11) is 0. The molecule has 1 aliphatic carbocycles. The number of nitrogens with one attached hydrogen (secondary N) is 1. The molecule has 0 radical (unpaired) electrons. The lowest BCUT2D eigenvalue weighted by Crippen LogP contribution is -2.41. The van der Waals surface area contributed by atoms with E-state index < -0.39 is 18.3 Å². The molecule has 1 N–H and O–H groups in total. The Morgan fingerprint density at radius 1 is 1.52 bits per heavy atom. The van der Waals surface area contributed by atoms with E-state index in [2.05, 4.69) is 26.3 Å². The van der Waals surface area contributed by atoms with Gasteiger partial charge in [-0.1, -0.05) is 0 Å². The standard InChI is InChI=1S/C12H15BrF3N3O2/c1-2-21-8-3-7(4-8)18-9-5-17-19(6-12(14,15)16)11(20)10(9)13/h5,7-8,18H,2-4,6H2,1H3. The highest BCUT2D eigenvalue weighted by Gasteiger charge is 2.31. The zero-order chi connectivity index (χ0) is 15.6. The van der Waals surface area contributed by atoms with Crippen molar-refractivity contribution in [1.29, 1.82) is 0 Å². The molecule has 0 amide bonds. The lowest BCUT2D eigenvalue weighted by atomic mass is 9.89. The van der Waals surface area contributed by atoms with Crippen molar-refractivity contribution in [2.45, 2.75) is 44.6 Å². The molecule has 0 aliphatic heterocycles. The molecule has 0 atom stereocenters. The maximum absolute atomic E-state index is 12.3. The van der Waals surface area contributed by atoms with Crippen LogP contribution in [-0.2, 0) is 11.3 Å². The number of anilines is 1. The zero-order valence-electron chi connectivity index (χ0n) is 11.3. The SMILES string of the molecule is CCOC1CC(Nc2cnn(CC(F)(F)F)c(=O)c2Br)C1. The third kappa shape index (κ3) is 4.19. The van der Waals surface area contributed by atoms with Gasteiger partial charge in [-0.15, -0.1) is 0 Å².